The molecule has 0 unspecified atom stereocenters. The highest BCUT2D eigenvalue weighted by atomic mass is 16.2. The highest BCUT2D eigenvalue weighted by molar-refractivity contribution is 5.91. The zero-order valence-corrected chi connectivity index (χ0v) is 13.2. The molecule has 0 bridgehead atoms. The van der Waals surface area contributed by atoms with Crippen LogP contribution in [0, 0.1) is 13.8 Å². The normalized spacial score (nSPS) is 10.5. The van der Waals surface area contributed by atoms with Crippen molar-refractivity contribution in [2.75, 3.05) is 0 Å². The van der Waals surface area contributed by atoms with Crippen LogP contribution < -0.4 is 10.9 Å². The van der Waals surface area contributed by atoms with E-state index >= 15 is 0 Å². The number of aryl methyl sites for hydroxylation is 3. The van der Waals surface area contributed by atoms with Gasteiger partial charge in [-0.3, -0.25) is 9.59 Å². The molecule has 2 aromatic rings. The van der Waals surface area contributed by atoms with Crippen molar-refractivity contribution in [2.45, 2.75) is 40.3 Å². The average molecular weight is 299 g/mol. The van der Waals surface area contributed by atoms with Crippen LogP contribution >= 0.6 is 0 Å². The Balaban J connectivity index is 2.09. The van der Waals surface area contributed by atoms with Gasteiger partial charge in [-0.25, -0.2) is 4.68 Å². The van der Waals surface area contributed by atoms with Crippen LogP contribution in [0.2, 0.25) is 0 Å². The van der Waals surface area contributed by atoms with Crippen molar-refractivity contribution in [3.63, 3.8) is 0 Å². The van der Waals surface area contributed by atoms with Gasteiger partial charge in [-0.1, -0.05) is 30.7 Å². The maximum absolute atomic E-state index is 12.2. The van der Waals surface area contributed by atoms with E-state index in [1.807, 2.05) is 32.9 Å². The molecule has 116 valence electrons. The van der Waals surface area contributed by atoms with E-state index < -0.39 is 0 Å². The van der Waals surface area contributed by atoms with Crippen LogP contribution in [0.3, 0.4) is 0 Å². The van der Waals surface area contributed by atoms with Crippen molar-refractivity contribution in [1.82, 2.24) is 15.1 Å². The second-order valence-corrected chi connectivity index (χ2v) is 5.39. The summed E-state index contributed by atoms with van der Waals surface area (Å²) in [6.45, 7) is 6.97. The van der Waals surface area contributed by atoms with E-state index in [1.165, 1.54) is 22.4 Å². The van der Waals surface area contributed by atoms with Crippen LogP contribution in [0.25, 0.3) is 0 Å². The predicted molar refractivity (Wildman–Crippen MR) is 85.9 cm³/mol. The van der Waals surface area contributed by atoms with Crippen molar-refractivity contribution in [1.29, 1.82) is 0 Å². The molecule has 5 nitrogen and oxygen atoms in total. The highest BCUT2D eigenvalue weighted by Gasteiger charge is 2.09. The molecule has 5 heteroatoms. The van der Waals surface area contributed by atoms with Crippen molar-refractivity contribution in [3.8, 4) is 0 Å². The fraction of sp³-hybridized carbons (Fsp3) is 0.353. The summed E-state index contributed by atoms with van der Waals surface area (Å²) < 4.78 is 1.33. The van der Waals surface area contributed by atoms with Gasteiger partial charge in [0.15, 0.2) is 0 Å². The molecule has 1 heterocycles. The Morgan fingerprint density at radius 1 is 1.23 bits per heavy atom. The van der Waals surface area contributed by atoms with Gasteiger partial charge >= 0.3 is 0 Å². The minimum Gasteiger partial charge on any atom is -0.347 e. The number of hydrogen-bond donors (Lipinski definition) is 1. The van der Waals surface area contributed by atoms with Gasteiger partial charge in [0.2, 0.25) is 0 Å². The summed E-state index contributed by atoms with van der Waals surface area (Å²) >= 11 is 0. The molecule has 1 N–H and O–H groups in total. The van der Waals surface area contributed by atoms with Crippen LogP contribution in [0.15, 0.2) is 35.1 Å². The van der Waals surface area contributed by atoms with Crippen LogP contribution in [-0.2, 0) is 13.1 Å². The molecule has 1 aromatic heterocycles. The Bertz CT molecular complexity index is 735. The van der Waals surface area contributed by atoms with E-state index in [4.69, 9.17) is 0 Å². The van der Waals surface area contributed by atoms with Crippen molar-refractivity contribution >= 4 is 5.91 Å². The van der Waals surface area contributed by atoms with Crippen molar-refractivity contribution < 1.29 is 4.79 Å². The molecule has 0 saturated carbocycles. The number of aromatic nitrogens is 2. The summed E-state index contributed by atoms with van der Waals surface area (Å²) in [7, 11) is 0. The Hall–Kier alpha value is -2.43. The molecule has 0 atom stereocenters. The predicted octanol–water partition coefficient (Wildman–Crippen LogP) is 2.20. The van der Waals surface area contributed by atoms with E-state index in [2.05, 4.69) is 16.5 Å². The summed E-state index contributed by atoms with van der Waals surface area (Å²) in [5.41, 5.74) is 3.48. The molecule has 0 fully saturated rings. The van der Waals surface area contributed by atoms with E-state index in [-0.39, 0.29) is 17.2 Å². The molecular weight excluding hydrogens is 278 g/mol. The maximum Gasteiger partial charge on any atom is 0.271 e. The standard InChI is InChI=1S/C17H21N3O2/c1-4-9-20-16(21)8-7-15(19-20)17(22)18-11-14-6-5-12(2)10-13(14)3/h5-8,10H,4,9,11H2,1-3H3,(H,18,22). The highest BCUT2D eigenvalue weighted by Crippen LogP contribution is 2.10. The van der Waals surface area contributed by atoms with Crippen LogP contribution in [0.5, 0.6) is 0 Å². The lowest BCUT2D eigenvalue weighted by atomic mass is 10.1. The summed E-state index contributed by atoms with van der Waals surface area (Å²) in [6, 6.07) is 8.96. The van der Waals surface area contributed by atoms with Crippen molar-refractivity contribution in [3.05, 3.63) is 63.1 Å². The number of carbonyl (C=O) groups is 1. The minimum absolute atomic E-state index is 0.187. The van der Waals surface area contributed by atoms with Crippen LogP contribution in [0.1, 0.15) is 40.5 Å². The third-order valence-electron chi connectivity index (χ3n) is 3.47. The van der Waals surface area contributed by atoms with Gasteiger partial charge in [-0.2, -0.15) is 5.10 Å². The lowest BCUT2D eigenvalue weighted by Crippen LogP contribution is -2.29. The molecule has 1 aromatic carbocycles. The molecule has 0 spiro atoms. The topological polar surface area (TPSA) is 64.0 Å². The SMILES string of the molecule is CCCn1nc(C(=O)NCc2ccc(C)cc2C)ccc1=O. The first-order chi connectivity index (χ1) is 10.5. The lowest BCUT2D eigenvalue weighted by Gasteiger charge is -2.09. The van der Waals surface area contributed by atoms with Crippen molar-refractivity contribution in [2.24, 2.45) is 0 Å². The Kier molecular flexibility index (Phi) is 5.09. The number of hydrogen-bond acceptors (Lipinski definition) is 3. The first kappa shape index (κ1) is 15.9. The van der Waals surface area contributed by atoms with Gasteiger partial charge in [0.1, 0.15) is 5.69 Å². The number of rotatable bonds is 5. The molecule has 0 saturated heterocycles. The van der Waals surface area contributed by atoms with E-state index in [0.29, 0.717) is 13.1 Å². The number of nitrogens with one attached hydrogen (secondary N) is 1. The Morgan fingerprint density at radius 3 is 2.68 bits per heavy atom. The fourth-order valence-corrected chi connectivity index (χ4v) is 2.25. The Labute approximate surface area is 130 Å². The third-order valence-corrected chi connectivity index (χ3v) is 3.47. The van der Waals surface area contributed by atoms with Crippen LogP contribution in [0.4, 0.5) is 0 Å². The average Bonchev–Trinajstić information content (AvgIpc) is 2.48. The van der Waals surface area contributed by atoms with Gasteiger partial charge in [-0.05, 0) is 37.5 Å². The number of carbonyl (C=O) groups excluding carboxylic acids is 1. The fourth-order valence-electron chi connectivity index (χ4n) is 2.25. The summed E-state index contributed by atoms with van der Waals surface area (Å²) in [4.78, 5) is 23.8. The lowest BCUT2D eigenvalue weighted by molar-refractivity contribution is 0.0943. The smallest absolute Gasteiger partial charge is 0.271 e. The third kappa shape index (κ3) is 3.81. The second kappa shape index (κ2) is 7.02. The maximum atomic E-state index is 12.2. The summed E-state index contributed by atoms with van der Waals surface area (Å²) in [6.07, 6.45) is 0.792. The van der Waals surface area contributed by atoms with E-state index in [9.17, 15) is 9.59 Å². The summed E-state index contributed by atoms with van der Waals surface area (Å²) in [5, 5.41) is 6.95. The van der Waals surface area contributed by atoms with E-state index in [0.717, 1.165) is 17.5 Å². The largest absolute Gasteiger partial charge is 0.347 e. The first-order valence-electron chi connectivity index (χ1n) is 7.43. The number of benzene rings is 1. The number of amides is 1. The quantitative estimate of drug-likeness (QED) is 0.920. The van der Waals surface area contributed by atoms with E-state index in [1.54, 1.807) is 0 Å². The zero-order chi connectivity index (χ0) is 16.1. The Morgan fingerprint density at radius 2 is 2.00 bits per heavy atom. The van der Waals surface area contributed by atoms with Gasteiger partial charge in [-0.15, -0.1) is 0 Å². The first-order valence-corrected chi connectivity index (χ1v) is 7.43. The monoisotopic (exact) mass is 299 g/mol. The van der Waals surface area contributed by atoms with Gasteiger partial charge in [0.05, 0.1) is 0 Å². The molecule has 22 heavy (non-hydrogen) atoms. The molecule has 0 aliphatic heterocycles. The van der Waals surface area contributed by atoms with Crippen LogP contribution in [-0.4, -0.2) is 15.7 Å². The minimum atomic E-state index is -0.273. The van der Waals surface area contributed by atoms with Gasteiger partial charge in [0.25, 0.3) is 11.5 Å². The molecule has 1 amide bonds. The molecular formula is C17H21N3O2. The molecule has 0 aliphatic carbocycles. The summed E-state index contributed by atoms with van der Waals surface area (Å²) in [5.74, 6) is -0.273. The molecule has 2 rings (SSSR count). The molecule has 0 radical (unpaired) electrons. The number of nitrogens with zero attached hydrogens (tertiary/aromatic N) is 2. The molecule has 0 aliphatic rings. The zero-order valence-electron chi connectivity index (χ0n) is 13.2. The van der Waals surface area contributed by atoms with Gasteiger partial charge in [0, 0.05) is 19.2 Å². The second-order valence-electron chi connectivity index (χ2n) is 5.39. The van der Waals surface area contributed by atoms with Gasteiger partial charge < -0.3 is 5.32 Å².